The minimum atomic E-state index is -4.20. The van der Waals surface area contributed by atoms with E-state index >= 15 is 0 Å². The number of nitrogens with zero attached hydrogens (tertiary/aromatic N) is 2. The van der Waals surface area contributed by atoms with Gasteiger partial charge in [0.05, 0.1) is 42.9 Å². The molecule has 1 aliphatic rings. The summed E-state index contributed by atoms with van der Waals surface area (Å²) in [5.74, 6) is -0.0551. The summed E-state index contributed by atoms with van der Waals surface area (Å²) in [6.07, 6.45) is 0. The van der Waals surface area contributed by atoms with Crippen LogP contribution in [0.15, 0.2) is 82.6 Å². The van der Waals surface area contributed by atoms with Gasteiger partial charge in [0.2, 0.25) is 15.9 Å². The van der Waals surface area contributed by atoms with Gasteiger partial charge in [0.25, 0.3) is 10.0 Å². The van der Waals surface area contributed by atoms with Gasteiger partial charge >= 0.3 is 0 Å². The van der Waals surface area contributed by atoms with E-state index in [1.165, 1.54) is 61.0 Å². The molecule has 39 heavy (non-hydrogen) atoms. The van der Waals surface area contributed by atoms with Crippen LogP contribution < -0.4 is 19.1 Å². The average Bonchev–Trinajstić information content (AvgIpc) is 2.96. The van der Waals surface area contributed by atoms with E-state index in [0.717, 1.165) is 4.31 Å². The monoisotopic (exact) mass is 575 g/mol. The van der Waals surface area contributed by atoms with Crippen LogP contribution in [0.4, 0.5) is 11.4 Å². The number of rotatable bonds is 10. The first-order valence-corrected chi connectivity index (χ1v) is 14.8. The Kier molecular flexibility index (Phi) is 8.75. The maximum absolute atomic E-state index is 13.7. The van der Waals surface area contributed by atoms with Gasteiger partial charge in [-0.25, -0.2) is 16.8 Å². The van der Waals surface area contributed by atoms with E-state index in [1.807, 2.05) is 0 Å². The number of ether oxygens (including phenoxy) is 3. The van der Waals surface area contributed by atoms with Crippen molar-refractivity contribution in [3.05, 3.63) is 72.8 Å². The Morgan fingerprint density at radius 2 is 1.56 bits per heavy atom. The number of nitrogens with one attached hydrogen (secondary N) is 1. The number of hydrogen-bond donors (Lipinski definition) is 1. The number of carbonyl (C=O) groups is 1. The van der Waals surface area contributed by atoms with E-state index in [9.17, 15) is 21.6 Å². The van der Waals surface area contributed by atoms with Crippen molar-refractivity contribution in [1.29, 1.82) is 0 Å². The van der Waals surface area contributed by atoms with E-state index in [0.29, 0.717) is 24.7 Å². The number of carbonyl (C=O) groups excluding carboxylic acids is 1. The summed E-state index contributed by atoms with van der Waals surface area (Å²) in [6, 6.07) is 18.0. The second-order valence-electron chi connectivity index (χ2n) is 8.45. The van der Waals surface area contributed by atoms with Gasteiger partial charge in [-0.2, -0.15) is 4.31 Å². The zero-order valence-electron chi connectivity index (χ0n) is 21.4. The van der Waals surface area contributed by atoms with Crippen LogP contribution in [-0.2, 0) is 29.6 Å². The number of sulfonamides is 2. The van der Waals surface area contributed by atoms with Gasteiger partial charge < -0.3 is 19.5 Å². The van der Waals surface area contributed by atoms with Gasteiger partial charge in [0.1, 0.15) is 18.0 Å². The molecule has 0 saturated carbocycles. The van der Waals surface area contributed by atoms with E-state index in [4.69, 9.17) is 14.2 Å². The Morgan fingerprint density at radius 3 is 2.18 bits per heavy atom. The van der Waals surface area contributed by atoms with Crippen molar-refractivity contribution in [2.75, 3.05) is 56.7 Å². The Morgan fingerprint density at radius 1 is 0.897 bits per heavy atom. The van der Waals surface area contributed by atoms with Crippen LogP contribution in [0.1, 0.15) is 0 Å². The van der Waals surface area contributed by atoms with Crippen LogP contribution in [0, 0.1) is 0 Å². The fraction of sp³-hybridized carbons (Fsp3) is 0.269. The molecule has 0 atom stereocenters. The highest BCUT2D eigenvalue weighted by atomic mass is 32.2. The molecule has 0 radical (unpaired) electrons. The molecule has 1 N–H and O–H groups in total. The zero-order valence-corrected chi connectivity index (χ0v) is 23.1. The van der Waals surface area contributed by atoms with Gasteiger partial charge in [-0.3, -0.25) is 9.10 Å². The predicted octanol–water partition coefficient (Wildman–Crippen LogP) is 2.56. The number of benzene rings is 3. The van der Waals surface area contributed by atoms with Crippen LogP contribution in [0.2, 0.25) is 0 Å². The maximum atomic E-state index is 13.7. The third kappa shape index (κ3) is 6.33. The largest absolute Gasteiger partial charge is 0.497 e. The normalized spacial score (nSPS) is 14.4. The summed E-state index contributed by atoms with van der Waals surface area (Å²) in [5, 5.41) is 2.64. The molecule has 0 spiro atoms. The molecule has 0 unspecified atom stereocenters. The molecule has 1 fully saturated rings. The molecule has 3 aromatic carbocycles. The standard InChI is InChI=1S/C26H29N3O8S2/c1-35-21-10-13-25(36-2)24(18-21)29(39(33,34)22-6-4-3-5-7-22)19-26(30)27-20-8-11-23(12-9-20)38(31,32)28-14-16-37-17-15-28/h3-13,18H,14-17,19H2,1-2H3,(H,27,30). The van der Waals surface area contributed by atoms with E-state index in [2.05, 4.69) is 5.32 Å². The molecule has 1 saturated heterocycles. The SMILES string of the molecule is COc1ccc(OC)c(N(CC(=O)Nc2ccc(S(=O)(=O)N3CCOCC3)cc2)S(=O)(=O)c2ccccc2)c1. The molecule has 4 rings (SSSR count). The maximum Gasteiger partial charge on any atom is 0.264 e. The molecule has 3 aromatic rings. The highest BCUT2D eigenvalue weighted by molar-refractivity contribution is 7.93. The third-order valence-electron chi connectivity index (χ3n) is 6.02. The Labute approximate surface area is 228 Å². The van der Waals surface area contributed by atoms with Gasteiger partial charge in [0, 0.05) is 24.8 Å². The Bertz CT molecular complexity index is 1510. The van der Waals surface area contributed by atoms with E-state index in [-0.39, 0.29) is 34.3 Å². The van der Waals surface area contributed by atoms with Gasteiger partial charge in [-0.15, -0.1) is 0 Å². The van der Waals surface area contributed by atoms with Gasteiger partial charge in [-0.1, -0.05) is 18.2 Å². The first-order valence-electron chi connectivity index (χ1n) is 11.9. The topological polar surface area (TPSA) is 132 Å². The van der Waals surface area contributed by atoms with Crippen LogP contribution >= 0.6 is 0 Å². The minimum Gasteiger partial charge on any atom is -0.497 e. The Balaban J connectivity index is 1.60. The number of morpholine rings is 1. The first-order chi connectivity index (χ1) is 18.7. The lowest BCUT2D eigenvalue weighted by molar-refractivity contribution is -0.114. The molecule has 1 heterocycles. The fourth-order valence-corrected chi connectivity index (χ4v) is 6.84. The molecular weight excluding hydrogens is 546 g/mol. The summed E-state index contributed by atoms with van der Waals surface area (Å²) in [7, 11) is -5.06. The summed E-state index contributed by atoms with van der Waals surface area (Å²) in [6.45, 7) is 0.594. The molecule has 0 aromatic heterocycles. The average molecular weight is 576 g/mol. The van der Waals surface area contributed by atoms with Crippen molar-refractivity contribution in [2.45, 2.75) is 9.79 Å². The van der Waals surface area contributed by atoms with Crippen LogP contribution in [0.5, 0.6) is 11.5 Å². The van der Waals surface area contributed by atoms with E-state index in [1.54, 1.807) is 30.3 Å². The van der Waals surface area contributed by atoms with Crippen molar-refractivity contribution < 1.29 is 35.8 Å². The smallest absolute Gasteiger partial charge is 0.264 e. The van der Waals surface area contributed by atoms with Gasteiger partial charge in [-0.05, 0) is 48.5 Å². The molecule has 1 aliphatic heterocycles. The van der Waals surface area contributed by atoms with E-state index < -0.39 is 32.5 Å². The summed E-state index contributed by atoms with van der Waals surface area (Å²) in [4.78, 5) is 13.2. The molecule has 13 heteroatoms. The van der Waals surface area contributed by atoms with Crippen LogP contribution in [0.3, 0.4) is 0 Å². The zero-order chi connectivity index (χ0) is 28.0. The summed E-state index contributed by atoms with van der Waals surface area (Å²) >= 11 is 0. The number of amides is 1. The number of anilines is 2. The summed E-state index contributed by atoms with van der Waals surface area (Å²) in [5.41, 5.74) is 0.415. The molecule has 0 aliphatic carbocycles. The van der Waals surface area contributed by atoms with Crippen molar-refractivity contribution in [3.63, 3.8) is 0 Å². The van der Waals surface area contributed by atoms with Crippen molar-refractivity contribution >= 4 is 37.3 Å². The second-order valence-corrected chi connectivity index (χ2v) is 12.3. The first kappa shape index (κ1) is 28.4. The predicted molar refractivity (Wildman–Crippen MR) is 145 cm³/mol. The molecule has 0 bridgehead atoms. The fourth-order valence-electron chi connectivity index (χ4n) is 3.99. The molecule has 11 nitrogen and oxygen atoms in total. The summed E-state index contributed by atoms with van der Waals surface area (Å²) < 4.78 is 71.2. The minimum absolute atomic E-state index is 0.0136. The number of methoxy groups -OCH3 is 2. The van der Waals surface area contributed by atoms with Crippen molar-refractivity contribution in [1.82, 2.24) is 4.31 Å². The van der Waals surface area contributed by atoms with Gasteiger partial charge in [0.15, 0.2) is 0 Å². The lowest BCUT2D eigenvalue weighted by atomic mass is 10.2. The third-order valence-corrected chi connectivity index (χ3v) is 9.71. The van der Waals surface area contributed by atoms with Crippen LogP contribution in [-0.4, -0.2) is 74.1 Å². The molecule has 208 valence electrons. The highest BCUT2D eigenvalue weighted by Crippen LogP contribution is 2.35. The van der Waals surface area contributed by atoms with Crippen molar-refractivity contribution in [2.24, 2.45) is 0 Å². The Hall–Kier alpha value is -3.65. The number of hydrogen-bond acceptors (Lipinski definition) is 8. The lowest BCUT2D eigenvalue weighted by Gasteiger charge is -2.26. The molecular formula is C26H29N3O8S2. The molecule has 1 amide bonds. The highest BCUT2D eigenvalue weighted by Gasteiger charge is 2.30. The quantitative estimate of drug-likeness (QED) is 0.390. The lowest BCUT2D eigenvalue weighted by Crippen LogP contribution is -2.40. The van der Waals surface area contributed by atoms with Crippen molar-refractivity contribution in [3.8, 4) is 11.5 Å². The van der Waals surface area contributed by atoms with Crippen LogP contribution in [0.25, 0.3) is 0 Å². The second kappa shape index (κ2) is 12.0.